The van der Waals surface area contributed by atoms with Crippen molar-refractivity contribution in [2.75, 3.05) is 6.54 Å². The molecule has 0 radical (unpaired) electrons. The van der Waals surface area contributed by atoms with Crippen molar-refractivity contribution in [1.82, 2.24) is 5.32 Å². The van der Waals surface area contributed by atoms with E-state index in [2.05, 4.69) is 46.9 Å². The maximum atomic E-state index is 12.6. The number of carbonyl (C=O) groups excluding carboxylic acids is 1. The van der Waals surface area contributed by atoms with E-state index in [0.29, 0.717) is 13.0 Å². The van der Waals surface area contributed by atoms with Gasteiger partial charge in [-0.1, -0.05) is 47.6 Å². The minimum atomic E-state index is -0.130. The number of amides is 1. The Morgan fingerprint density at radius 2 is 1.70 bits per heavy atom. The minimum absolute atomic E-state index is 0.0456. The van der Waals surface area contributed by atoms with Gasteiger partial charge in [-0.15, -0.1) is 0 Å². The molecule has 0 spiro atoms. The second-order valence-corrected chi connectivity index (χ2v) is 8.55. The summed E-state index contributed by atoms with van der Waals surface area (Å²) in [6.07, 6.45) is 1.45. The number of rotatable bonds is 5. The average Bonchev–Trinajstić information content (AvgIpc) is 2.38. The lowest BCUT2D eigenvalue weighted by molar-refractivity contribution is -0.129. The Morgan fingerprint density at radius 3 is 2.17 bits per heavy atom. The Morgan fingerprint density at radius 1 is 1.09 bits per heavy atom. The largest absolute Gasteiger partial charge is 0.504 e. The molecule has 3 N–H and O–H groups in total. The molecule has 0 aliphatic rings. The maximum absolute atomic E-state index is 12.6. The molecule has 1 aromatic carbocycles. The summed E-state index contributed by atoms with van der Waals surface area (Å²) < 4.78 is 0. The van der Waals surface area contributed by atoms with Crippen LogP contribution in [0.3, 0.4) is 0 Å². The van der Waals surface area contributed by atoms with Crippen molar-refractivity contribution in [2.45, 2.75) is 54.4 Å². The summed E-state index contributed by atoms with van der Waals surface area (Å²) in [7, 11) is 0. The molecule has 0 heterocycles. The van der Waals surface area contributed by atoms with E-state index in [1.54, 1.807) is 6.07 Å². The number of hydrogen-bond donors (Lipinski definition) is 3. The Kier molecular flexibility index (Phi) is 6.09. The molecular weight excluding hydrogens is 290 g/mol. The lowest BCUT2D eigenvalue weighted by atomic mass is 9.71. The SMILES string of the molecule is CC(C)(C)CC(C(=O)NCCc1ccc(O)c(O)c1)C(C)(C)C. The second-order valence-electron chi connectivity index (χ2n) is 8.55. The van der Waals surface area contributed by atoms with E-state index in [1.165, 1.54) is 12.1 Å². The monoisotopic (exact) mass is 321 g/mol. The van der Waals surface area contributed by atoms with Crippen LogP contribution in [0.4, 0.5) is 0 Å². The third kappa shape index (κ3) is 6.51. The molecule has 0 bridgehead atoms. The summed E-state index contributed by atoms with van der Waals surface area (Å²) in [4.78, 5) is 12.6. The van der Waals surface area contributed by atoms with E-state index in [9.17, 15) is 15.0 Å². The molecule has 1 aromatic rings. The third-order valence-corrected chi connectivity index (χ3v) is 3.93. The predicted molar refractivity (Wildman–Crippen MR) is 93.5 cm³/mol. The van der Waals surface area contributed by atoms with Gasteiger partial charge in [0.05, 0.1) is 0 Å². The minimum Gasteiger partial charge on any atom is -0.504 e. The molecule has 23 heavy (non-hydrogen) atoms. The summed E-state index contributed by atoms with van der Waals surface area (Å²) in [5, 5.41) is 21.8. The van der Waals surface area contributed by atoms with Gasteiger partial charge in [0.1, 0.15) is 0 Å². The Labute approximate surface area is 139 Å². The third-order valence-electron chi connectivity index (χ3n) is 3.93. The van der Waals surface area contributed by atoms with Crippen molar-refractivity contribution in [3.8, 4) is 11.5 Å². The van der Waals surface area contributed by atoms with E-state index in [0.717, 1.165) is 12.0 Å². The number of aromatic hydroxyl groups is 2. The number of hydrogen-bond acceptors (Lipinski definition) is 3. The van der Waals surface area contributed by atoms with Gasteiger partial charge in [0.2, 0.25) is 5.91 Å². The van der Waals surface area contributed by atoms with Crippen LogP contribution in [0, 0.1) is 16.7 Å². The van der Waals surface area contributed by atoms with Gasteiger partial charge >= 0.3 is 0 Å². The van der Waals surface area contributed by atoms with E-state index >= 15 is 0 Å². The van der Waals surface area contributed by atoms with Gasteiger partial charge in [0, 0.05) is 12.5 Å². The highest BCUT2D eigenvalue weighted by molar-refractivity contribution is 5.79. The first kappa shape index (κ1) is 19.3. The van der Waals surface area contributed by atoms with Gasteiger partial charge in [-0.2, -0.15) is 0 Å². The second kappa shape index (κ2) is 7.24. The standard InChI is InChI=1S/C19H31NO3/c1-18(2,3)12-14(19(4,5)6)17(23)20-10-9-13-7-8-15(21)16(22)11-13/h7-8,11,14,21-22H,9-10,12H2,1-6H3,(H,20,23). The van der Waals surface area contributed by atoms with Crippen LogP contribution in [0.2, 0.25) is 0 Å². The van der Waals surface area contributed by atoms with E-state index in [1.807, 2.05) is 0 Å². The molecule has 0 aliphatic carbocycles. The highest BCUT2D eigenvalue weighted by Crippen LogP contribution is 2.36. The van der Waals surface area contributed by atoms with E-state index < -0.39 is 0 Å². The first-order valence-corrected chi connectivity index (χ1v) is 8.19. The number of carbonyl (C=O) groups is 1. The molecule has 1 amide bonds. The quantitative estimate of drug-likeness (QED) is 0.721. The molecule has 1 rings (SSSR count). The van der Waals surface area contributed by atoms with E-state index in [-0.39, 0.29) is 34.2 Å². The molecule has 1 unspecified atom stereocenters. The molecule has 0 saturated heterocycles. The number of benzene rings is 1. The molecule has 4 heteroatoms. The smallest absolute Gasteiger partial charge is 0.223 e. The summed E-state index contributed by atoms with van der Waals surface area (Å²) in [6.45, 7) is 13.3. The first-order chi connectivity index (χ1) is 10.4. The summed E-state index contributed by atoms with van der Waals surface area (Å²) in [6, 6.07) is 4.74. The van der Waals surface area contributed by atoms with Gasteiger partial charge in [0.25, 0.3) is 0 Å². The lowest BCUT2D eigenvalue weighted by Gasteiger charge is -2.34. The van der Waals surface area contributed by atoms with Crippen molar-refractivity contribution < 1.29 is 15.0 Å². The fourth-order valence-corrected chi connectivity index (χ4v) is 2.58. The van der Waals surface area contributed by atoms with Crippen LogP contribution >= 0.6 is 0 Å². The average molecular weight is 321 g/mol. The van der Waals surface area contributed by atoms with E-state index in [4.69, 9.17) is 0 Å². The summed E-state index contributed by atoms with van der Waals surface area (Å²) in [5.41, 5.74) is 0.885. The van der Waals surface area contributed by atoms with Gasteiger partial charge < -0.3 is 15.5 Å². The van der Waals surface area contributed by atoms with Crippen molar-refractivity contribution >= 4 is 5.91 Å². The predicted octanol–water partition coefficient (Wildman–Crippen LogP) is 3.86. The van der Waals surface area contributed by atoms with Crippen molar-refractivity contribution in [3.63, 3.8) is 0 Å². The number of phenolic OH excluding ortho intramolecular Hbond substituents is 2. The Hall–Kier alpha value is -1.71. The van der Waals surface area contributed by atoms with Crippen LogP contribution < -0.4 is 5.32 Å². The molecule has 0 aromatic heterocycles. The molecule has 0 saturated carbocycles. The topological polar surface area (TPSA) is 69.6 Å². The zero-order valence-corrected chi connectivity index (χ0v) is 15.2. The molecule has 130 valence electrons. The van der Waals surface area contributed by atoms with Crippen LogP contribution in [0.25, 0.3) is 0 Å². The number of phenols is 2. The summed E-state index contributed by atoms with van der Waals surface area (Å²) >= 11 is 0. The van der Waals surface area contributed by atoms with Crippen LogP contribution in [0.5, 0.6) is 11.5 Å². The molecule has 4 nitrogen and oxygen atoms in total. The Balaban J connectivity index is 2.63. The zero-order valence-electron chi connectivity index (χ0n) is 15.2. The fraction of sp³-hybridized carbons (Fsp3) is 0.632. The van der Waals surface area contributed by atoms with Gasteiger partial charge in [-0.25, -0.2) is 0 Å². The van der Waals surface area contributed by atoms with Crippen LogP contribution in [-0.4, -0.2) is 22.7 Å². The molecular formula is C19H31NO3. The molecule has 0 fully saturated rings. The highest BCUT2D eigenvalue weighted by atomic mass is 16.3. The highest BCUT2D eigenvalue weighted by Gasteiger charge is 2.34. The summed E-state index contributed by atoms with van der Waals surface area (Å²) in [5.74, 6) is -0.226. The molecule has 0 aliphatic heterocycles. The van der Waals surface area contributed by atoms with Crippen LogP contribution in [0.1, 0.15) is 53.5 Å². The molecule has 1 atom stereocenters. The van der Waals surface area contributed by atoms with Crippen molar-refractivity contribution in [1.29, 1.82) is 0 Å². The van der Waals surface area contributed by atoms with Crippen molar-refractivity contribution in [2.24, 2.45) is 16.7 Å². The fourth-order valence-electron chi connectivity index (χ4n) is 2.58. The lowest BCUT2D eigenvalue weighted by Crippen LogP contribution is -2.40. The van der Waals surface area contributed by atoms with Gasteiger partial charge in [0.15, 0.2) is 11.5 Å². The maximum Gasteiger partial charge on any atom is 0.223 e. The van der Waals surface area contributed by atoms with Gasteiger partial charge in [-0.3, -0.25) is 4.79 Å². The van der Waals surface area contributed by atoms with Gasteiger partial charge in [-0.05, 0) is 41.4 Å². The van der Waals surface area contributed by atoms with Crippen molar-refractivity contribution in [3.05, 3.63) is 23.8 Å². The van der Waals surface area contributed by atoms with Crippen LogP contribution in [0.15, 0.2) is 18.2 Å². The van der Waals surface area contributed by atoms with Crippen LogP contribution in [-0.2, 0) is 11.2 Å². The normalized spacial score (nSPS) is 13.7. The Bertz CT molecular complexity index is 539. The zero-order chi connectivity index (χ0) is 17.8. The number of nitrogens with one attached hydrogen (secondary N) is 1. The first-order valence-electron chi connectivity index (χ1n) is 8.19.